The number of hydrogen-bond donors (Lipinski definition) is 0. The normalized spacial score (nSPS) is 39.0. The Hall–Kier alpha value is 0. The molecule has 0 N–H and O–H groups in total. The molecule has 66 valence electrons. The van der Waals surface area contributed by atoms with Crippen LogP contribution < -0.4 is 0 Å². The van der Waals surface area contributed by atoms with Crippen molar-refractivity contribution in [1.82, 2.24) is 0 Å². The second-order valence-corrected chi connectivity index (χ2v) is 4.23. The van der Waals surface area contributed by atoms with Crippen LogP contribution in [-0.2, 0) is 0 Å². The van der Waals surface area contributed by atoms with E-state index in [9.17, 15) is 0 Å². The van der Waals surface area contributed by atoms with Gasteiger partial charge < -0.3 is 0 Å². The minimum Gasteiger partial charge on any atom is -0.0651 e. The van der Waals surface area contributed by atoms with E-state index in [4.69, 9.17) is 0 Å². The maximum Gasteiger partial charge on any atom is -0.0388 e. The van der Waals surface area contributed by atoms with Crippen molar-refractivity contribution in [2.45, 2.75) is 52.9 Å². The maximum atomic E-state index is 2.43. The van der Waals surface area contributed by atoms with Gasteiger partial charge in [-0.1, -0.05) is 46.5 Å². The predicted octanol–water partition coefficient (Wildman–Crippen LogP) is 3.86. The van der Waals surface area contributed by atoms with Crippen molar-refractivity contribution in [2.75, 3.05) is 0 Å². The van der Waals surface area contributed by atoms with Gasteiger partial charge >= 0.3 is 0 Å². The first-order chi connectivity index (χ1) is 5.27. The van der Waals surface area contributed by atoms with Gasteiger partial charge in [-0.15, -0.1) is 0 Å². The van der Waals surface area contributed by atoms with Crippen molar-refractivity contribution in [3.05, 3.63) is 0 Å². The van der Waals surface area contributed by atoms with E-state index in [0.717, 1.165) is 17.8 Å². The highest BCUT2D eigenvalue weighted by atomic mass is 14.3. The van der Waals surface area contributed by atoms with Crippen molar-refractivity contribution in [1.29, 1.82) is 0 Å². The van der Waals surface area contributed by atoms with Crippen molar-refractivity contribution in [3.8, 4) is 0 Å². The fourth-order valence-electron chi connectivity index (χ4n) is 2.45. The van der Waals surface area contributed by atoms with E-state index in [1.165, 1.54) is 32.1 Å². The Balaban J connectivity index is 2.37. The maximum absolute atomic E-state index is 2.43. The summed E-state index contributed by atoms with van der Waals surface area (Å²) in [6.07, 6.45) is 7.29. The van der Waals surface area contributed by atoms with Gasteiger partial charge in [-0.2, -0.15) is 0 Å². The Morgan fingerprint density at radius 3 is 2.36 bits per heavy atom. The first kappa shape index (κ1) is 9.09. The van der Waals surface area contributed by atoms with Gasteiger partial charge in [0.2, 0.25) is 0 Å². The molecule has 0 aliphatic heterocycles. The predicted molar refractivity (Wildman–Crippen MR) is 50.6 cm³/mol. The Kier molecular flexibility index (Phi) is 3.42. The molecular weight excluding hydrogens is 132 g/mol. The summed E-state index contributed by atoms with van der Waals surface area (Å²) in [4.78, 5) is 0. The molecular formula is C11H22. The van der Waals surface area contributed by atoms with Crippen molar-refractivity contribution in [2.24, 2.45) is 17.8 Å². The first-order valence-electron chi connectivity index (χ1n) is 5.27. The van der Waals surface area contributed by atoms with Crippen LogP contribution in [0.2, 0.25) is 0 Å². The Bertz CT molecular complexity index is 107. The zero-order valence-electron chi connectivity index (χ0n) is 8.27. The monoisotopic (exact) mass is 154 g/mol. The highest BCUT2D eigenvalue weighted by Crippen LogP contribution is 2.36. The Morgan fingerprint density at radius 2 is 1.82 bits per heavy atom. The molecule has 0 heteroatoms. The second-order valence-electron chi connectivity index (χ2n) is 4.23. The van der Waals surface area contributed by atoms with Gasteiger partial charge in [0, 0.05) is 0 Å². The summed E-state index contributed by atoms with van der Waals surface area (Å²) in [7, 11) is 0. The quantitative estimate of drug-likeness (QED) is 0.566. The van der Waals surface area contributed by atoms with E-state index in [-0.39, 0.29) is 0 Å². The average molecular weight is 154 g/mol. The van der Waals surface area contributed by atoms with Gasteiger partial charge in [-0.25, -0.2) is 0 Å². The van der Waals surface area contributed by atoms with Crippen LogP contribution in [0.3, 0.4) is 0 Å². The van der Waals surface area contributed by atoms with Gasteiger partial charge in [-0.05, 0) is 24.2 Å². The third-order valence-corrected chi connectivity index (χ3v) is 3.57. The smallest absolute Gasteiger partial charge is 0.0388 e. The zero-order valence-corrected chi connectivity index (χ0v) is 8.27. The van der Waals surface area contributed by atoms with Crippen LogP contribution in [0.4, 0.5) is 0 Å². The molecule has 1 saturated carbocycles. The molecule has 0 aromatic rings. The van der Waals surface area contributed by atoms with E-state index in [0.29, 0.717) is 0 Å². The van der Waals surface area contributed by atoms with Crippen LogP contribution in [0.1, 0.15) is 52.9 Å². The molecule has 0 spiro atoms. The summed E-state index contributed by atoms with van der Waals surface area (Å²) in [6.45, 7) is 7.12. The largest absolute Gasteiger partial charge is 0.0651 e. The van der Waals surface area contributed by atoms with E-state index in [2.05, 4.69) is 20.8 Å². The molecule has 1 aliphatic rings. The Morgan fingerprint density at radius 1 is 1.09 bits per heavy atom. The molecule has 1 rings (SSSR count). The van der Waals surface area contributed by atoms with Crippen LogP contribution in [0.15, 0.2) is 0 Å². The molecule has 0 bridgehead atoms. The molecule has 11 heavy (non-hydrogen) atoms. The summed E-state index contributed by atoms with van der Waals surface area (Å²) in [5, 5.41) is 0. The van der Waals surface area contributed by atoms with Crippen molar-refractivity contribution >= 4 is 0 Å². The minimum absolute atomic E-state index is 1.00. The fourth-order valence-corrected chi connectivity index (χ4v) is 2.45. The lowest BCUT2D eigenvalue weighted by molar-refractivity contribution is 0.184. The van der Waals surface area contributed by atoms with Crippen LogP contribution in [0.5, 0.6) is 0 Å². The van der Waals surface area contributed by atoms with Crippen molar-refractivity contribution in [3.63, 3.8) is 0 Å². The molecule has 0 amide bonds. The molecule has 1 fully saturated rings. The van der Waals surface area contributed by atoms with Gasteiger partial charge in [0.1, 0.15) is 0 Å². The summed E-state index contributed by atoms with van der Waals surface area (Å²) in [5.74, 6) is 3.09. The van der Waals surface area contributed by atoms with Gasteiger partial charge in [0.25, 0.3) is 0 Å². The highest BCUT2D eigenvalue weighted by molar-refractivity contribution is 4.76. The fraction of sp³-hybridized carbons (Fsp3) is 1.00. The standard InChI is InChI=1S/C11H22/c1-4-10-7-6-9(3)11(5-2)8-10/h9-11H,4-8H2,1-3H3/t9?,10-,11?/m1/s1. The zero-order chi connectivity index (χ0) is 8.27. The van der Waals surface area contributed by atoms with Crippen LogP contribution >= 0.6 is 0 Å². The van der Waals surface area contributed by atoms with Crippen molar-refractivity contribution < 1.29 is 0 Å². The summed E-state index contributed by atoms with van der Waals surface area (Å²) < 4.78 is 0. The number of hydrogen-bond acceptors (Lipinski definition) is 0. The average Bonchev–Trinajstić information content (AvgIpc) is 2.05. The van der Waals surface area contributed by atoms with E-state index >= 15 is 0 Å². The Labute approximate surface area is 71.4 Å². The molecule has 0 heterocycles. The highest BCUT2D eigenvalue weighted by Gasteiger charge is 2.24. The third-order valence-electron chi connectivity index (χ3n) is 3.57. The minimum atomic E-state index is 1.00. The van der Waals surface area contributed by atoms with E-state index < -0.39 is 0 Å². The lowest BCUT2D eigenvalue weighted by atomic mass is 9.73. The first-order valence-corrected chi connectivity index (χ1v) is 5.27. The van der Waals surface area contributed by atoms with E-state index in [1.807, 2.05) is 0 Å². The lowest BCUT2D eigenvalue weighted by Gasteiger charge is -2.33. The third kappa shape index (κ3) is 2.21. The lowest BCUT2D eigenvalue weighted by Crippen LogP contribution is -2.21. The summed E-state index contributed by atoms with van der Waals surface area (Å²) in [5.41, 5.74) is 0. The molecule has 2 unspecified atom stereocenters. The van der Waals surface area contributed by atoms with E-state index in [1.54, 1.807) is 0 Å². The molecule has 1 aliphatic carbocycles. The molecule has 0 aromatic carbocycles. The van der Waals surface area contributed by atoms with Crippen LogP contribution in [0.25, 0.3) is 0 Å². The summed E-state index contributed by atoms with van der Waals surface area (Å²) in [6, 6.07) is 0. The van der Waals surface area contributed by atoms with Crippen LogP contribution in [0, 0.1) is 17.8 Å². The molecule has 0 nitrogen and oxygen atoms in total. The SMILES string of the molecule is CCC1C[C@H](CC)CCC1C. The molecule has 0 saturated heterocycles. The van der Waals surface area contributed by atoms with Crippen LogP contribution in [-0.4, -0.2) is 0 Å². The van der Waals surface area contributed by atoms with Gasteiger partial charge in [0.15, 0.2) is 0 Å². The molecule has 3 atom stereocenters. The molecule has 0 radical (unpaired) electrons. The summed E-state index contributed by atoms with van der Waals surface area (Å²) >= 11 is 0. The molecule has 0 aromatic heterocycles. The van der Waals surface area contributed by atoms with Gasteiger partial charge in [-0.3, -0.25) is 0 Å². The number of rotatable bonds is 2. The topological polar surface area (TPSA) is 0 Å². The van der Waals surface area contributed by atoms with Gasteiger partial charge in [0.05, 0.1) is 0 Å². The second kappa shape index (κ2) is 4.13.